The van der Waals surface area contributed by atoms with Crippen LogP contribution >= 0.6 is 0 Å². The number of ketones is 1. The second-order valence-electron chi connectivity index (χ2n) is 3.27. The van der Waals surface area contributed by atoms with Crippen molar-refractivity contribution >= 4 is 11.8 Å². The largest absolute Gasteiger partial charge is 0.481 e. The molecule has 62 valence electrons. The van der Waals surface area contributed by atoms with Crippen molar-refractivity contribution in [1.82, 2.24) is 0 Å². The molecular formula is C8H12O3. The zero-order chi connectivity index (χ0) is 8.48. The third-order valence-electron chi connectivity index (χ3n) is 2.42. The van der Waals surface area contributed by atoms with Gasteiger partial charge in [0.2, 0.25) is 0 Å². The number of carboxylic acid groups (broad SMARTS) is 1. The highest BCUT2D eigenvalue weighted by molar-refractivity contribution is 6.03. The molecule has 0 radical (unpaired) electrons. The maximum Gasteiger partial charge on any atom is 0.316 e. The standard InChI is InChI=1S/C8H12O3/c1-8(7(10)11)5-3-2-4-6(8)9/h2-5H2,1H3,(H,10,11)/t8-/m1/s1. The summed E-state index contributed by atoms with van der Waals surface area (Å²) < 4.78 is 0. The van der Waals surface area contributed by atoms with E-state index in [1.54, 1.807) is 0 Å². The Kier molecular flexibility index (Phi) is 1.98. The van der Waals surface area contributed by atoms with Crippen molar-refractivity contribution in [3.63, 3.8) is 0 Å². The summed E-state index contributed by atoms with van der Waals surface area (Å²) in [6.45, 7) is 1.52. The molecule has 0 spiro atoms. The first-order valence-electron chi connectivity index (χ1n) is 3.84. The van der Waals surface area contributed by atoms with E-state index in [2.05, 4.69) is 0 Å². The zero-order valence-electron chi connectivity index (χ0n) is 6.59. The van der Waals surface area contributed by atoms with Gasteiger partial charge in [-0.05, 0) is 19.8 Å². The van der Waals surface area contributed by atoms with Gasteiger partial charge in [0.1, 0.15) is 11.2 Å². The molecule has 0 aromatic rings. The van der Waals surface area contributed by atoms with Crippen LogP contribution in [0, 0.1) is 5.41 Å². The van der Waals surface area contributed by atoms with Crippen molar-refractivity contribution in [2.24, 2.45) is 5.41 Å². The van der Waals surface area contributed by atoms with Crippen molar-refractivity contribution in [3.05, 3.63) is 0 Å². The van der Waals surface area contributed by atoms with E-state index in [0.717, 1.165) is 12.8 Å². The van der Waals surface area contributed by atoms with Crippen molar-refractivity contribution in [2.45, 2.75) is 32.6 Å². The number of aliphatic carboxylic acids is 1. The van der Waals surface area contributed by atoms with Gasteiger partial charge < -0.3 is 5.11 Å². The molecule has 3 heteroatoms. The first kappa shape index (κ1) is 8.24. The number of hydrogen-bond acceptors (Lipinski definition) is 2. The van der Waals surface area contributed by atoms with E-state index in [-0.39, 0.29) is 5.78 Å². The SMILES string of the molecule is C[C@@]1(C(=O)O)CCCCC1=O. The summed E-state index contributed by atoms with van der Waals surface area (Å²) in [5.74, 6) is -1.08. The van der Waals surface area contributed by atoms with Gasteiger partial charge >= 0.3 is 5.97 Å². The predicted molar refractivity (Wildman–Crippen MR) is 39.2 cm³/mol. The highest BCUT2D eigenvalue weighted by Crippen LogP contribution is 2.32. The average molecular weight is 156 g/mol. The van der Waals surface area contributed by atoms with E-state index in [4.69, 9.17) is 5.11 Å². The van der Waals surface area contributed by atoms with Crippen LogP contribution in [-0.2, 0) is 9.59 Å². The number of hydrogen-bond donors (Lipinski definition) is 1. The van der Waals surface area contributed by atoms with Crippen LogP contribution in [0.25, 0.3) is 0 Å². The molecule has 1 N–H and O–H groups in total. The van der Waals surface area contributed by atoms with Gasteiger partial charge in [-0.3, -0.25) is 9.59 Å². The Labute approximate surface area is 65.4 Å². The fourth-order valence-electron chi connectivity index (χ4n) is 1.41. The summed E-state index contributed by atoms with van der Waals surface area (Å²) in [6, 6.07) is 0. The van der Waals surface area contributed by atoms with Gasteiger partial charge in [0, 0.05) is 6.42 Å². The molecule has 0 aromatic heterocycles. The van der Waals surface area contributed by atoms with Gasteiger partial charge in [-0.2, -0.15) is 0 Å². The monoisotopic (exact) mass is 156 g/mol. The summed E-state index contributed by atoms with van der Waals surface area (Å²) in [5.41, 5.74) is -1.09. The molecule has 1 saturated carbocycles. The lowest BCUT2D eigenvalue weighted by Gasteiger charge is -2.26. The van der Waals surface area contributed by atoms with E-state index in [1.807, 2.05) is 0 Å². The Morgan fingerprint density at radius 2 is 2.18 bits per heavy atom. The number of carbonyl (C=O) groups is 2. The summed E-state index contributed by atoms with van der Waals surface area (Å²) in [7, 11) is 0. The van der Waals surface area contributed by atoms with Gasteiger partial charge in [-0.15, -0.1) is 0 Å². The number of carbonyl (C=O) groups excluding carboxylic acids is 1. The quantitative estimate of drug-likeness (QED) is 0.581. The van der Waals surface area contributed by atoms with E-state index >= 15 is 0 Å². The fraction of sp³-hybridized carbons (Fsp3) is 0.750. The van der Waals surface area contributed by atoms with Crippen molar-refractivity contribution in [3.8, 4) is 0 Å². The highest BCUT2D eigenvalue weighted by Gasteiger charge is 2.41. The molecule has 1 aliphatic carbocycles. The Morgan fingerprint density at radius 1 is 1.55 bits per heavy atom. The van der Waals surface area contributed by atoms with Crippen LogP contribution in [0.3, 0.4) is 0 Å². The van der Waals surface area contributed by atoms with Crippen LogP contribution in [0.5, 0.6) is 0 Å². The summed E-state index contributed by atoms with van der Waals surface area (Å²) in [5, 5.41) is 8.75. The van der Waals surface area contributed by atoms with Crippen molar-refractivity contribution in [1.29, 1.82) is 0 Å². The molecule has 11 heavy (non-hydrogen) atoms. The molecule has 3 nitrogen and oxygen atoms in total. The summed E-state index contributed by atoms with van der Waals surface area (Å²) in [4.78, 5) is 21.8. The molecule has 1 rings (SSSR count). The van der Waals surface area contributed by atoms with E-state index in [9.17, 15) is 9.59 Å². The lowest BCUT2D eigenvalue weighted by atomic mass is 9.75. The molecule has 1 atom stereocenters. The average Bonchev–Trinajstić information content (AvgIpc) is 1.95. The molecule has 0 heterocycles. The third kappa shape index (κ3) is 1.27. The second kappa shape index (κ2) is 2.64. The van der Waals surface area contributed by atoms with Crippen molar-refractivity contribution < 1.29 is 14.7 Å². The van der Waals surface area contributed by atoms with Gasteiger partial charge in [-0.1, -0.05) is 6.42 Å². The van der Waals surface area contributed by atoms with Gasteiger partial charge in [0.25, 0.3) is 0 Å². The van der Waals surface area contributed by atoms with Gasteiger partial charge in [0.15, 0.2) is 0 Å². The molecule has 0 aromatic carbocycles. The number of Topliss-reactive ketones (excluding diaryl/α,β-unsaturated/α-hetero) is 1. The smallest absolute Gasteiger partial charge is 0.316 e. The summed E-state index contributed by atoms with van der Waals surface area (Å²) in [6.07, 6.45) is 2.64. The van der Waals surface area contributed by atoms with Crippen LogP contribution in [0.15, 0.2) is 0 Å². The molecule has 0 saturated heterocycles. The van der Waals surface area contributed by atoms with Crippen LogP contribution in [0.4, 0.5) is 0 Å². The maximum absolute atomic E-state index is 11.2. The minimum Gasteiger partial charge on any atom is -0.481 e. The van der Waals surface area contributed by atoms with Crippen molar-refractivity contribution in [2.75, 3.05) is 0 Å². The third-order valence-corrected chi connectivity index (χ3v) is 2.42. The summed E-state index contributed by atoms with van der Waals surface area (Å²) >= 11 is 0. The first-order valence-corrected chi connectivity index (χ1v) is 3.84. The topological polar surface area (TPSA) is 54.4 Å². The van der Waals surface area contributed by atoms with E-state index < -0.39 is 11.4 Å². The van der Waals surface area contributed by atoms with Crippen LogP contribution < -0.4 is 0 Å². The normalized spacial score (nSPS) is 31.9. The zero-order valence-corrected chi connectivity index (χ0v) is 6.59. The van der Waals surface area contributed by atoms with Crippen LogP contribution in [0.1, 0.15) is 32.6 Å². The van der Waals surface area contributed by atoms with Gasteiger partial charge in [0.05, 0.1) is 0 Å². The molecule has 0 bridgehead atoms. The molecule has 0 unspecified atom stereocenters. The Hall–Kier alpha value is -0.860. The Morgan fingerprint density at radius 3 is 2.55 bits per heavy atom. The lowest BCUT2D eigenvalue weighted by Crippen LogP contribution is -2.38. The van der Waals surface area contributed by atoms with E-state index in [1.165, 1.54) is 6.92 Å². The molecule has 1 fully saturated rings. The molecule has 1 aliphatic rings. The highest BCUT2D eigenvalue weighted by atomic mass is 16.4. The van der Waals surface area contributed by atoms with Crippen LogP contribution in [0.2, 0.25) is 0 Å². The Bertz CT molecular complexity index is 198. The van der Waals surface area contributed by atoms with E-state index in [0.29, 0.717) is 12.8 Å². The predicted octanol–water partition coefficient (Wildman–Crippen LogP) is 1.22. The second-order valence-corrected chi connectivity index (χ2v) is 3.27. The minimum absolute atomic E-state index is 0.115. The van der Waals surface area contributed by atoms with Gasteiger partial charge in [-0.25, -0.2) is 0 Å². The number of rotatable bonds is 1. The molecule has 0 amide bonds. The Balaban J connectivity index is 2.81. The van der Waals surface area contributed by atoms with Crippen LogP contribution in [-0.4, -0.2) is 16.9 Å². The fourth-order valence-corrected chi connectivity index (χ4v) is 1.41. The molecular weight excluding hydrogens is 144 g/mol. The molecule has 0 aliphatic heterocycles. The first-order chi connectivity index (χ1) is 5.07. The maximum atomic E-state index is 11.2. The lowest BCUT2D eigenvalue weighted by molar-refractivity contribution is -0.155. The number of carboxylic acids is 1. The minimum atomic E-state index is -1.09.